The van der Waals surface area contributed by atoms with Crippen molar-refractivity contribution >= 4 is 58.1 Å². The summed E-state index contributed by atoms with van der Waals surface area (Å²) in [5.41, 5.74) is 0.577. The topological polar surface area (TPSA) is 66.5 Å². The molecule has 8 heteroatoms. The number of nitrogens with one attached hydrogen (secondary N) is 1. The number of allylic oxidation sites excluding steroid dienone is 2. The van der Waals surface area contributed by atoms with Crippen LogP contribution in [0.1, 0.15) is 24.8 Å². The number of hydrogen-bond donors (Lipinski definition) is 1. The fourth-order valence-corrected chi connectivity index (χ4v) is 4.15. The van der Waals surface area contributed by atoms with Crippen molar-refractivity contribution in [3.05, 3.63) is 50.9 Å². The first-order valence-electron chi connectivity index (χ1n) is 8.59. The van der Waals surface area contributed by atoms with E-state index in [0.29, 0.717) is 15.6 Å². The van der Waals surface area contributed by atoms with Crippen molar-refractivity contribution in [2.75, 3.05) is 13.1 Å². The van der Waals surface area contributed by atoms with Crippen LogP contribution in [0.2, 0.25) is 10.0 Å². The molecule has 1 unspecified atom stereocenters. The summed E-state index contributed by atoms with van der Waals surface area (Å²) in [6.07, 6.45) is 8.10. The smallest absolute Gasteiger partial charge is 0.293 e. The van der Waals surface area contributed by atoms with Crippen LogP contribution >= 0.6 is 35.0 Å². The summed E-state index contributed by atoms with van der Waals surface area (Å²) in [7, 11) is 0. The Morgan fingerprint density at radius 1 is 1.30 bits per heavy atom. The van der Waals surface area contributed by atoms with E-state index in [2.05, 4.69) is 11.4 Å². The zero-order chi connectivity index (χ0) is 19.4. The van der Waals surface area contributed by atoms with E-state index in [1.54, 1.807) is 24.3 Å². The molecule has 1 saturated heterocycles. The van der Waals surface area contributed by atoms with E-state index in [1.807, 2.05) is 6.08 Å². The van der Waals surface area contributed by atoms with Gasteiger partial charge in [-0.1, -0.05) is 47.5 Å². The Kier molecular flexibility index (Phi) is 6.63. The van der Waals surface area contributed by atoms with Crippen molar-refractivity contribution in [1.29, 1.82) is 0 Å². The largest absolute Gasteiger partial charge is 0.354 e. The van der Waals surface area contributed by atoms with E-state index >= 15 is 0 Å². The minimum Gasteiger partial charge on any atom is -0.354 e. The highest BCUT2D eigenvalue weighted by atomic mass is 35.5. The molecule has 1 aliphatic carbocycles. The molecule has 3 rings (SSSR count). The average molecular weight is 425 g/mol. The summed E-state index contributed by atoms with van der Waals surface area (Å²) in [5, 5.41) is 3.17. The number of imide groups is 1. The van der Waals surface area contributed by atoms with Gasteiger partial charge in [-0.2, -0.15) is 0 Å². The Hall–Kier alpha value is -1.76. The van der Waals surface area contributed by atoms with Gasteiger partial charge < -0.3 is 5.32 Å². The molecule has 27 heavy (non-hydrogen) atoms. The molecule has 1 fully saturated rings. The van der Waals surface area contributed by atoms with E-state index in [4.69, 9.17) is 23.2 Å². The maximum atomic E-state index is 12.5. The van der Waals surface area contributed by atoms with Crippen molar-refractivity contribution in [2.24, 2.45) is 5.92 Å². The van der Waals surface area contributed by atoms with Crippen LogP contribution in [0.15, 0.2) is 35.3 Å². The van der Waals surface area contributed by atoms with Crippen molar-refractivity contribution in [3.8, 4) is 0 Å². The first kappa shape index (κ1) is 20.0. The minimum atomic E-state index is -0.393. The Labute approximate surface area is 171 Å². The lowest BCUT2D eigenvalue weighted by atomic mass is 9.94. The molecule has 1 aromatic rings. The van der Waals surface area contributed by atoms with Crippen molar-refractivity contribution in [1.82, 2.24) is 10.2 Å². The molecule has 1 heterocycles. The van der Waals surface area contributed by atoms with E-state index in [-0.39, 0.29) is 35.1 Å². The molecule has 3 amide bonds. The molecule has 0 bridgehead atoms. The maximum absolute atomic E-state index is 12.5. The fraction of sp³-hybridized carbons (Fsp3) is 0.316. The maximum Gasteiger partial charge on any atom is 0.293 e. The molecular weight excluding hydrogens is 407 g/mol. The number of benzene rings is 1. The van der Waals surface area contributed by atoms with Crippen LogP contribution in [0.3, 0.4) is 0 Å². The highest BCUT2D eigenvalue weighted by Gasteiger charge is 2.35. The van der Waals surface area contributed by atoms with Gasteiger partial charge in [0, 0.05) is 19.0 Å². The van der Waals surface area contributed by atoms with Crippen LogP contribution in [-0.2, 0) is 9.59 Å². The number of halogens is 2. The normalized spacial score (nSPS) is 21.2. The van der Waals surface area contributed by atoms with Crippen molar-refractivity contribution in [2.45, 2.75) is 19.3 Å². The van der Waals surface area contributed by atoms with E-state index in [0.717, 1.165) is 35.9 Å². The molecule has 5 nitrogen and oxygen atoms in total. The van der Waals surface area contributed by atoms with Gasteiger partial charge in [-0.05, 0) is 48.7 Å². The summed E-state index contributed by atoms with van der Waals surface area (Å²) in [5.74, 6) is -0.460. The number of carbonyl (C=O) groups is 3. The zero-order valence-corrected chi connectivity index (χ0v) is 16.7. The molecule has 1 atom stereocenters. The summed E-state index contributed by atoms with van der Waals surface area (Å²) in [6.45, 7) is 0.377. The zero-order valence-electron chi connectivity index (χ0n) is 14.4. The van der Waals surface area contributed by atoms with Crippen molar-refractivity contribution in [3.63, 3.8) is 0 Å². The number of rotatable bonds is 5. The SMILES string of the molecule is O=C(NCCN1C(=O)S/C(=C\c2cccc(Cl)c2Cl)C1=O)C1CC=CCC1. The fourth-order valence-electron chi connectivity index (χ4n) is 2.93. The van der Waals surface area contributed by atoms with E-state index < -0.39 is 5.91 Å². The monoisotopic (exact) mass is 424 g/mol. The average Bonchev–Trinajstić information content (AvgIpc) is 2.93. The minimum absolute atomic E-state index is 0.0326. The third-order valence-corrected chi connectivity index (χ3v) is 6.16. The van der Waals surface area contributed by atoms with Gasteiger partial charge in [0.15, 0.2) is 0 Å². The number of carbonyl (C=O) groups excluding carboxylic acids is 3. The predicted molar refractivity (Wildman–Crippen MR) is 109 cm³/mol. The van der Waals surface area contributed by atoms with Gasteiger partial charge in [0.05, 0.1) is 15.0 Å². The van der Waals surface area contributed by atoms with Crippen LogP contribution < -0.4 is 5.32 Å². The molecule has 0 aromatic heterocycles. The molecule has 1 aliphatic heterocycles. The van der Waals surface area contributed by atoms with Gasteiger partial charge >= 0.3 is 0 Å². The standard InChI is InChI=1S/C19H18Cl2N2O3S/c20-14-8-4-7-13(16(14)21)11-15-18(25)23(19(26)27-15)10-9-22-17(24)12-5-2-1-3-6-12/h1-2,4,7-8,11-12H,3,5-6,9-10H2,(H,22,24)/b15-11-. The highest BCUT2D eigenvalue weighted by molar-refractivity contribution is 8.18. The first-order chi connectivity index (χ1) is 13.0. The van der Waals surface area contributed by atoms with Gasteiger partial charge in [-0.3, -0.25) is 19.3 Å². The van der Waals surface area contributed by atoms with Gasteiger partial charge in [-0.15, -0.1) is 0 Å². The van der Waals surface area contributed by atoms with Crippen LogP contribution in [0.4, 0.5) is 4.79 Å². The Morgan fingerprint density at radius 3 is 2.85 bits per heavy atom. The molecule has 0 spiro atoms. The molecule has 0 radical (unpaired) electrons. The van der Waals surface area contributed by atoms with E-state index in [1.165, 1.54) is 0 Å². The number of nitrogens with zero attached hydrogens (tertiary/aromatic N) is 1. The first-order valence-corrected chi connectivity index (χ1v) is 10.2. The summed E-state index contributed by atoms with van der Waals surface area (Å²) >= 11 is 13.0. The predicted octanol–water partition coefficient (Wildman–Crippen LogP) is 4.50. The number of hydrogen-bond acceptors (Lipinski definition) is 4. The third kappa shape index (κ3) is 4.75. The van der Waals surface area contributed by atoms with Crippen LogP contribution in [0.5, 0.6) is 0 Å². The van der Waals surface area contributed by atoms with Crippen LogP contribution in [0.25, 0.3) is 6.08 Å². The molecule has 0 saturated carbocycles. The van der Waals surface area contributed by atoms with Crippen molar-refractivity contribution < 1.29 is 14.4 Å². The van der Waals surface area contributed by atoms with Gasteiger partial charge in [0.2, 0.25) is 5.91 Å². The molecular formula is C19H18Cl2N2O3S. The summed E-state index contributed by atoms with van der Waals surface area (Å²) in [6, 6.07) is 5.10. The van der Waals surface area contributed by atoms with Crippen LogP contribution in [0, 0.1) is 5.92 Å². The lowest BCUT2D eigenvalue weighted by Crippen LogP contribution is -2.39. The highest BCUT2D eigenvalue weighted by Crippen LogP contribution is 2.34. The lowest BCUT2D eigenvalue weighted by Gasteiger charge is -2.18. The summed E-state index contributed by atoms with van der Waals surface area (Å²) < 4.78 is 0. The van der Waals surface area contributed by atoms with Gasteiger partial charge in [-0.25, -0.2) is 0 Å². The second-order valence-electron chi connectivity index (χ2n) is 6.25. The molecule has 142 valence electrons. The summed E-state index contributed by atoms with van der Waals surface area (Å²) in [4.78, 5) is 38.2. The van der Waals surface area contributed by atoms with Gasteiger partial charge in [0.1, 0.15) is 0 Å². The molecule has 1 N–H and O–H groups in total. The third-order valence-electron chi connectivity index (χ3n) is 4.42. The Balaban J connectivity index is 1.59. The number of amides is 3. The van der Waals surface area contributed by atoms with Crippen LogP contribution in [-0.4, -0.2) is 35.0 Å². The lowest BCUT2D eigenvalue weighted by molar-refractivity contribution is -0.126. The second-order valence-corrected chi connectivity index (χ2v) is 8.03. The second kappa shape index (κ2) is 8.95. The van der Waals surface area contributed by atoms with Gasteiger partial charge in [0.25, 0.3) is 11.1 Å². The van der Waals surface area contributed by atoms with E-state index in [9.17, 15) is 14.4 Å². The Bertz CT molecular complexity index is 838. The quantitative estimate of drug-likeness (QED) is 0.557. The Morgan fingerprint density at radius 2 is 2.11 bits per heavy atom. The molecule has 1 aromatic carbocycles. The number of thioether (sulfide) groups is 1. The molecule has 2 aliphatic rings.